The fourth-order valence-electron chi connectivity index (χ4n) is 6.33. The molecule has 234 valence electrons. The first-order valence-electron chi connectivity index (χ1n) is 15.1. The average Bonchev–Trinajstić information content (AvgIpc) is 3.30. The maximum atomic E-state index is 12.2. The van der Waals surface area contributed by atoms with Crippen molar-refractivity contribution in [2.45, 2.75) is 75.5 Å². The molecule has 2 heterocycles. The van der Waals surface area contributed by atoms with Gasteiger partial charge in [0.1, 0.15) is 7.05 Å². The summed E-state index contributed by atoms with van der Waals surface area (Å²) >= 11 is 0. The maximum Gasteiger partial charge on any atom is 0.294 e. The molecule has 44 heavy (non-hydrogen) atoms. The number of unbranched alkanes of at least 4 members (excludes halogenated alkanes) is 2. The molecule has 11 heteroatoms. The second-order valence-corrected chi connectivity index (χ2v) is 13.8. The Morgan fingerprint density at radius 1 is 1.07 bits per heavy atom. The summed E-state index contributed by atoms with van der Waals surface area (Å²) in [5.74, 6) is -0.0125. The van der Waals surface area contributed by atoms with Crippen LogP contribution in [0, 0.1) is 0 Å². The lowest BCUT2D eigenvalue weighted by atomic mass is 9.81. The first-order valence-corrected chi connectivity index (χ1v) is 16.5. The van der Waals surface area contributed by atoms with Crippen LogP contribution in [0.3, 0.4) is 0 Å². The van der Waals surface area contributed by atoms with Gasteiger partial charge in [-0.1, -0.05) is 49.7 Å². The highest BCUT2D eigenvalue weighted by molar-refractivity contribution is 7.85. The summed E-state index contributed by atoms with van der Waals surface area (Å²) in [6.07, 6.45) is 9.80. The highest BCUT2D eigenvalue weighted by Crippen LogP contribution is 2.48. The number of benzene rings is 2. The molecular weight excluding hydrogens is 576 g/mol. The molecule has 2 aromatic rings. The molecule has 0 radical (unpaired) electrons. The Hall–Kier alpha value is -3.92. The molecule has 0 saturated carbocycles. The number of amides is 1. The van der Waals surface area contributed by atoms with E-state index in [1.807, 2.05) is 0 Å². The van der Waals surface area contributed by atoms with E-state index in [0.29, 0.717) is 32.5 Å². The number of allylic oxidation sites excluding steroid dienone is 4. The molecule has 4 rings (SSSR count). The van der Waals surface area contributed by atoms with Crippen molar-refractivity contribution in [2.24, 2.45) is 5.11 Å². The van der Waals surface area contributed by atoms with Crippen LogP contribution < -0.4 is 10.2 Å². The third kappa shape index (κ3) is 6.90. The van der Waals surface area contributed by atoms with Crippen molar-refractivity contribution in [1.82, 2.24) is 5.32 Å². The Labute approximate surface area is 260 Å². The molecule has 2 aliphatic rings. The Bertz CT molecular complexity index is 1670. The monoisotopic (exact) mass is 619 g/mol. The van der Waals surface area contributed by atoms with Crippen LogP contribution in [0.4, 0.5) is 11.4 Å². The number of hydrogen-bond acceptors (Lipinski definition) is 5. The molecule has 0 atom stereocenters. The van der Waals surface area contributed by atoms with Crippen LogP contribution in [0.25, 0.3) is 10.4 Å². The number of para-hydroxylation sites is 1. The predicted molar refractivity (Wildman–Crippen MR) is 174 cm³/mol. The number of rotatable bonds is 13. The number of hydrogen-bond donors (Lipinski definition) is 2. The Morgan fingerprint density at radius 2 is 1.82 bits per heavy atom. The van der Waals surface area contributed by atoms with Gasteiger partial charge in [-0.3, -0.25) is 9.35 Å². The molecule has 0 unspecified atom stereocenters. The normalized spacial score (nSPS) is 17.6. The SMILES string of the molecule is C[N+]1=C(C=CC=C2N(CCCCCC(=O)NCCCN=[N+]=[N-])c3ccc(S(=O)(=O)O)cc3C2(C)C)C(C)(C)c2ccccc21. The Morgan fingerprint density at radius 3 is 2.52 bits per heavy atom. The summed E-state index contributed by atoms with van der Waals surface area (Å²) in [6.45, 7) is 10.1. The van der Waals surface area contributed by atoms with Crippen molar-refractivity contribution < 1.29 is 22.3 Å². The number of carbonyl (C=O) groups is 1. The van der Waals surface area contributed by atoms with Gasteiger partial charge in [0.25, 0.3) is 10.1 Å². The van der Waals surface area contributed by atoms with Gasteiger partial charge in [-0.05, 0) is 68.5 Å². The van der Waals surface area contributed by atoms with E-state index in [9.17, 15) is 17.8 Å². The quantitative estimate of drug-likeness (QED) is 0.0653. The smallest absolute Gasteiger partial charge is 0.294 e. The predicted octanol–water partition coefficient (Wildman–Crippen LogP) is 6.55. The zero-order chi connectivity index (χ0) is 32.1. The average molecular weight is 620 g/mol. The standard InChI is InChI=1S/C33H42N6O4S/c1-32(2)25-13-8-9-14-27(25)38(5)29(32)15-11-16-30-33(3,4)26-23-24(44(41,42)43)18-19-28(26)39(30)22-10-6-7-17-31(40)35-20-12-21-36-37-34/h8-9,11,13-16,18-19,23H,6-7,10,12,17,20-22H2,1-5H3,(H-,35,40,41,42,43)/p+1. The van der Waals surface area contributed by atoms with Crippen LogP contribution in [-0.4, -0.2) is 55.8 Å². The minimum absolute atomic E-state index is 0.0125. The van der Waals surface area contributed by atoms with Gasteiger partial charge < -0.3 is 10.2 Å². The molecule has 1 amide bonds. The topological polar surface area (TPSA) is 138 Å². The minimum atomic E-state index is -4.35. The van der Waals surface area contributed by atoms with E-state index in [-0.39, 0.29) is 16.2 Å². The molecule has 2 aromatic carbocycles. The van der Waals surface area contributed by atoms with E-state index in [1.54, 1.807) is 12.1 Å². The van der Waals surface area contributed by atoms with E-state index in [2.05, 4.69) is 102 Å². The lowest BCUT2D eigenvalue weighted by Gasteiger charge is -2.27. The molecule has 0 bridgehead atoms. The van der Waals surface area contributed by atoms with Crippen molar-refractivity contribution in [3.8, 4) is 0 Å². The van der Waals surface area contributed by atoms with E-state index in [4.69, 9.17) is 5.53 Å². The molecule has 0 saturated heterocycles. The van der Waals surface area contributed by atoms with Crippen LogP contribution in [0.1, 0.15) is 70.9 Å². The maximum absolute atomic E-state index is 12.2. The van der Waals surface area contributed by atoms with Crippen LogP contribution in [-0.2, 0) is 25.7 Å². The number of azide groups is 1. The van der Waals surface area contributed by atoms with Crippen molar-refractivity contribution in [1.29, 1.82) is 0 Å². The van der Waals surface area contributed by atoms with E-state index < -0.39 is 15.5 Å². The van der Waals surface area contributed by atoms with Crippen LogP contribution in [0.2, 0.25) is 0 Å². The first kappa shape index (κ1) is 33.0. The summed E-state index contributed by atoms with van der Waals surface area (Å²) in [5, 5.41) is 6.33. The fraction of sp³-hybridized carbons (Fsp3) is 0.455. The minimum Gasteiger partial charge on any atom is -0.356 e. The molecule has 10 nitrogen and oxygen atoms in total. The molecule has 2 aliphatic heterocycles. The second-order valence-electron chi connectivity index (χ2n) is 12.4. The molecule has 0 spiro atoms. The molecule has 0 aromatic heterocycles. The van der Waals surface area contributed by atoms with E-state index in [0.717, 1.165) is 36.2 Å². The highest BCUT2D eigenvalue weighted by atomic mass is 32.2. The van der Waals surface area contributed by atoms with Crippen LogP contribution >= 0.6 is 0 Å². The fourth-order valence-corrected chi connectivity index (χ4v) is 6.84. The summed E-state index contributed by atoms with van der Waals surface area (Å²) in [5.41, 5.74) is 14.1. The molecule has 0 fully saturated rings. The van der Waals surface area contributed by atoms with Gasteiger partial charge in [0, 0.05) is 65.5 Å². The van der Waals surface area contributed by atoms with Crippen molar-refractivity contribution in [3.63, 3.8) is 0 Å². The first-order chi connectivity index (χ1) is 20.8. The number of nitrogens with one attached hydrogen (secondary N) is 1. The van der Waals surface area contributed by atoms with Crippen LogP contribution in [0.5, 0.6) is 0 Å². The molecule has 0 aliphatic carbocycles. The van der Waals surface area contributed by atoms with Crippen molar-refractivity contribution in [3.05, 3.63) is 88.0 Å². The molecule has 2 N–H and O–H groups in total. The summed E-state index contributed by atoms with van der Waals surface area (Å²) in [7, 11) is -2.26. The van der Waals surface area contributed by atoms with Gasteiger partial charge in [0.05, 0.1) is 10.3 Å². The number of anilines is 1. The van der Waals surface area contributed by atoms with Gasteiger partial charge in [-0.2, -0.15) is 13.0 Å². The second kappa shape index (κ2) is 13.4. The largest absolute Gasteiger partial charge is 0.356 e. The lowest BCUT2D eigenvalue weighted by Crippen LogP contribution is -2.28. The van der Waals surface area contributed by atoms with Gasteiger partial charge in [-0.25, -0.2) is 0 Å². The number of nitrogens with zero attached hydrogens (tertiary/aromatic N) is 5. The lowest BCUT2D eigenvalue weighted by molar-refractivity contribution is -0.401. The third-order valence-electron chi connectivity index (χ3n) is 8.72. The number of fused-ring (bicyclic) bond motifs is 2. The van der Waals surface area contributed by atoms with Gasteiger partial charge in [0.15, 0.2) is 5.71 Å². The van der Waals surface area contributed by atoms with Crippen molar-refractivity contribution >= 4 is 33.1 Å². The van der Waals surface area contributed by atoms with Gasteiger partial charge in [-0.15, -0.1) is 0 Å². The van der Waals surface area contributed by atoms with Crippen LogP contribution in [0.15, 0.2) is 76.4 Å². The van der Waals surface area contributed by atoms with Gasteiger partial charge >= 0.3 is 0 Å². The molecular formula is C33H43N6O4S+. The Kier molecular flexibility index (Phi) is 10.0. The highest BCUT2D eigenvalue weighted by Gasteiger charge is 2.43. The summed E-state index contributed by atoms with van der Waals surface area (Å²) in [4.78, 5) is 17.0. The number of carbonyl (C=O) groups excluding carboxylic acids is 1. The van der Waals surface area contributed by atoms with Gasteiger partial charge in [0.2, 0.25) is 11.6 Å². The third-order valence-corrected chi connectivity index (χ3v) is 9.57. The zero-order valence-corrected chi connectivity index (χ0v) is 27.1. The summed E-state index contributed by atoms with van der Waals surface area (Å²) in [6, 6.07) is 13.2. The van der Waals surface area contributed by atoms with Crippen molar-refractivity contribution in [2.75, 3.05) is 31.6 Å². The Balaban J connectivity index is 1.52. The van der Waals surface area contributed by atoms with E-state index >= 15 is 0 Å². The summed E-state index contributed by atoms with van der Waals surface area (Å²) < 4.78 is 35.9. The zero-order valence-electron chi connectivity index (χ0n) is 26.2. The van der Waals surface area contributed by atoms with E-state index in [1.165, 1.54) is 23.0 Å².